The van der Waals surface area contributed by atoms with Crippen LogP contribution in [0, 0.1) is 5.82 Å². The predicted molar refractivity (Wildman–Crippen MR) is 120 cm³/mol. The van der Waals surface area contributed by atoms with Crippen LogP contribution in [-0.4, -0.2) is 26.8 Å². The smallest absolute Gasteiger partial charge is 0.236 e. The van der Waals surface area contributed by atoms with Gasteiger partial charge in [0.15, 0.2) is 11.0 Å². The van der Waals surface area contributed by atoms with Crippen LogP contribution in [0.25, 0.3) is 0 Å². The molecule has 0 saturated heterocycles. The van der Waals surface area contributed by atoms with Gasteiger partial charge < -0.3 is 0 Å². The van der Waals surface area contributed by atoms with Crippen molar-refractivity contribution in [3.05, 3.63) is 101 Å². The maximum absolute atomic E-state index is 13.4. The molecule has 0 aromatic heterocycles. The van der Waals surface area contributed by atoms with Gasteiger partial charge in [0, 0.05) is 5.92 Å². The van der Waals surface area contributed by atoms with Crippen molar-refractivity contribution in [3.8, 4) is 0 Å². The Balaban J connectivity index is 1.61. The quantitative estimate of drug-likeness (QED) is 0.195. The average molecular weight is 494 g/mol. The molecule has 1 aliphatic rings. The highest BCUT2D eigenvalue weighted by molar-refractivity contribution is 7.84. The molecule has 1 heterocycles. The van der Waals surface area contributed by atoms with Gasteiger partial charge >= 0.3 is 6.18 Å². The number of hydrazone groups is 1. The first-order valence-corrected chi connectivity index (χ1v) is 11.2. The third kappa shape index (κ3) is 5.31. The van der Waals surface area contributed by atoms with Crippen molar-refractivity contribution in [2.45, 2.75) is 17.0 Å². The van der Waals surface area contributed by atoms with E-state index in [9.17, 15) is 21.8 Å². The van der Waals surface area contributed by atoms with Crippen molar-refractivity contribution in [2.75, 3.05) is 6.54 Å². The number of hydrogen-bond acceptors (Lipinski definition) is 2. The minimum absolute atomic E-state index is 0.0719. The number of alkyl halides is 3. The maximum atomic E-state index is 13.4. The second kappa shape index (κ2) is 9.44. The molecule has 2 atom stereocenters. The highest BCUT2D eigenvalue weighted by Crippen LogP contribution is 2.31. The Morgan fingerprint density at radius 1 is 1.00 bits per heavy atom. The Morgan fingerprint density at radius 3 is 2.24 bits per heavy atom. The molecular formula is C23H16ClF4N3OS. The zero-order chi connectivity index (χ0) is 23.6. The van der Waals surface area contributed by atoms with E-state index in [2.05, 4.69) is 9.50 Å². The second-order valence-electron chi connectivity index (χ2n) is 7.17. The summed E-state index contributed by atoms with van der Waals surface area (Å²) < 4.78 is 68.1. The van der Waals surface area contributed by atoms with Gasteiger partial charge in [-0.3, -0.25) is 0 Å². The van der Waals surface area contributed by atoms with E-state index in [0.717, 1.165) is 29.8 Å². The first kappa shape index (κ1) is 23.1. The van der Waals surface area contributed by atoms with E-state index in [-0.39, 0.29) is 21.9 Å². The predicted octanol–water partition coefficient (Wildman–Crippen LogP) is 5.97. The van der Waals surface area contributed by atoms with Crippen LogP contribution < -0.4 is 0 Å². The Kier molecular flexibility index (Phi) is 6.62. The summed E-state index contributed by atoms with van der Waals surface area (Å²) in [5, 5.41) is 5.72. The molecule has 10 heteroatoms. The fourth-order valence-electron chi connectivity index (χ4n) is 3.37. The average Bonchev–Trinajstić information content (AvgIpc) is 3.25. The molecule has 33 heavy (non-hydrogen) atoms. The van der Waals surface area contributed by atoms with E-state index in [1.807, 2.05) is 30.3 Å². The van der Waals surface area contributed by atoms with E-state index in [1.54, 1.807) is 12.1 Å². The Morgan fingerprint density at radius 2 is 1.64 bits per heavy atom. The van der Waals surface area contributed by atoms with Crippen molar-refractivity contribution in [1.29, 1.82) is 0 Å². The molecule has 0 spiro atoms. The molecule has 3 aromatic carbocycles. The van der Waals surface area contributed by atoms with E-state index in [1.165, 1.54) is 17.1 Å². The van der Waals surface area contributed by atoms with Crippen LogP contribution in [0.1, 0.15) is 22.6 Å². The minimum Gasteiger partial charge on any atom is -0.236 e. The van der Waals surface area contributed by atoms with Crippen molar-refractivity contribution < 1.29 is 21.8 Å². The lowest BCUT2D eigenvalue weighted by Gasteiger charge is -2.15. The maximum Gasteiger partial charge on any atom is 0.416 e. The minimum atomic E-state index is -4.49. The molecule has 0 N–H and O–H groups in total. The summed E-state index contributed by atoms with van der Waals surface area (Å²) in [6, 6.07) is 19.3. The van der Waals surface area contributed by atoms with Gasteiger partial charge in [-0.05, 0) is 59.1 Å². The zero-order valence-electron chi connectivity index (χ0n) is 16.8. The summed E-state index contributed by atoms with van der Waals surface area (Å²) in [6.45, 7) is 0.295. The molecule has 4 nitrogen and oxygen atoms in total. The molecule has 0 bridgehead atoms. The van der Waals surface area contributed by atoms with Gasteiger partial charge in [0.25, 0.3) is 0 Å². The van der Waals surface area contributed by atoms with E-state index < -0.39 is 22.7 Å². The van der Waals surface area contributed by atoms with E-state index in [4.69, 9.17) is 11.6 Å². The molecule has 0 radical (unpaired) electrons. The third-order valence-electron chi connectivity index (χ3n) is 5.01. The van der Waals surface area contributed by atoms with Crippen LogP contribution in [0.3, 0.4) is 0 Å². The van der Waals surface area contributed by atoms with Crippen molar-refractivity contribution in [1.82, 2.24) is 5.01 Å². The number of benzene rings is 3. The molecule has 0 fully saturated rings. The molecule has 0 amide bonds. The first-order valence-electron chi connectivity index (χ1n) is 9.72. The Hall–Kier alpha value is -3.04. The molecular weight excluding hydrogens is 478 g/mol. The van der Waals surface area contributed by atoms with Crippen LogP contribution in [0.15, 0.2) is 93.3 Å². The van der Waals surface area contributed by atoms with Crippen LogP contribution in [-0.2, 0) is 17.2 Å². The summed E-state index contributed by atoms with van der Waals surface area (Å²) in [7, 11) is -2.03. The van der Waals surface area contributed by atoms with Gasteiger partial charge in [0.1, 0.15) is 5.82 Å². The molecule has 0 aliphatic carbocycles. The lowest BCUT2D eigenvalue weighted by atomic mass is 9.91. The molecule has 1 aliphatic heterocycles. The van der Waals surface area contributed by atoms with Gasteiger partial charge in [0.05, 0.1) is 22.7 Å². The summed E-state index contributed by atoms with van der Waals surface area (Å²) in [5.74, 6) is -0.586. The standard InChI is InChI=1S/C23H16ClF4N3OS/c24-22(30-33(32)19-12-8-17(9-13-19)23(26,27)28)31-14-20(15-4-2-1-3-5-15)21(29-31)16-6-10-18(25)11-7-16/h1-13,20H,14H2/b30-22+. The topological polar surface area (TPSA) is 45.0 Å². The molecule has 2 unspecified atom stereocenters. The largest absolute Gasteiger partial charge is 0.416 e. The Labute approximate surface area is 194 Å². The van der Waals surface area contributed by atoms with Crippen LogP contribution >= 0.6 is 11.6 Å². The fourth-order valence-corrected chi connectivity index (χ4v) is 4.37. The Bertz CT molecular complexity index is 1210. The van der Waals surface area contributed by atoms with Gasteiger partial charge in [-0.1, -0.05) is 42.5 Å². The van der Waals surface area contributed by atoms with Crippen LogP contribution in [0.5, 0.6) is 0 Å². The summed E-state index contributed by atoms with van der Waals surface area (Å²) in [6.07, 6.45) is -4.49. The fraction of sp³-hybridized carbons (Fsp3) is 0.130. The number of nitrogens with zero attached hydrogens (tertiary/aromatic N) is 3. The van der Waals surface area contributed by atoms with Gasteiger partial charge in [0.2, 0.25) is 5.29 Å². The highest BCUT2D eigenvalue weighted by Gasteiger charge is 2.32. The van der Waals surface area contributed by atoms with Gasteiger partial charge in [-0.2, -0.15) is 22.7 Å². The summed E-state index contributed by atoms with van der Waals surface area (Å²) >= 11 is 6.30. The number of amidine groups is 1. The van der Waals surface area contributed by atoms with Gasteiger partial charge in [-0.15, -0.1) is 0 Å². The second-order valence-corrected chi connectivity index (χ2v) is 8.66. The number of hydrogen-bond donors (Lipinski definition) is 0. The lowest BCUT2D eigenvalue weighted by molar-refractivity contribution is -0.137. The van der Waals surface area contributed by atoms with Crippen molar-refractivity contribution in [3.63, 3.8) is 0 Å². The molecule has 3 aromatic rings. The molecule has 170 valence electrons. The highest BCUT2D eigenvalue weighted by atomic mass is 35.5. The molecule has 4 rings (SSSR count). The molecule has 0 saturated carbocycles. The number of halogens is 5. The van der Waals surface area contributed by atoms with E-state index >= 15 is 0 Å². The number of rotatable bonds is 4. The van der Waals surface area contributed by atoms with Crippen LogP contribution in [0.4, 0.5) is 17.6 Å². The van der Waals surface area contributed by atoms with Crippen molar-refractivity contribution in [2.24, 2.45) is 9.50 Å². The summed E-state index contributed by atoms with van der Waals surface area (Å²) in [4.78, 5) is 0.0719. The van der Waals surface area contributed by atoms with Gasteiger partial charge in [-0.25, -0.2) is 13.6 Å². The van der Waals surface area contributed by atoms with Crippen molar-refractivity contribution >= 4 is 33.6 Å². The normalized spacial score (nSPS) is 17.7. The monoisotopic (exact) mass is 493 g/mol. The van der Waals surface area contributed by atoms with E-state index in [0.29, 0.717) is 17.8 Å². The lowest BCUT2D eigenvalue weighted by Crippen LogP contribution is -2.22. The zero-order valence-corrected chi connectivity index (χ0v) is 18.4. The first-order chi connectivity index (χ1) is 15.7. The summed E-state index contributed by atoms with van der Waals surface area (Å²) in [5.41, 5.74) is 1.43. The third-order valence-corrected chi connectivity index (χ3v) is 6.40. The SMILES string of the molecule is O=S(/N=C(\Cl)N1CC(c2ccccc2)C(c2ccc(F)cc2)=N1)c1ccc(C(F)(F)F)cc1. The van der Waals surface area contributed by atoms with Crippen LogP contribution in [0.2, 0.25) is 0 Å².